The van der Waals surface area contributed by atoms with Crippen molar-refractivity contribution >= 4 is 16.7 Å². The van der Waals surface area contributed by atoms with Crippen LogP contribution in [0.2, 0.25) is 0 Å². The fourth-order valence-corrected chi connectivity index (χ4v) is 2.46. The second kappa shape index (κ2) is 7.29. The van der Waals surface area contributed by atoms with Crippen molar-refractivity contribution in [2.45, 2.75) is 0 Å². The van der Waals surface area contributed by atoms with Gasteiger partial charge in [-0.05, 0) is 18.2 Å². The normalized spacial score (nSPS) is 10.7. The van der Waals surface area contributed by atoms with Gasteiger partial charge in [-0.25, -0.2) is 18.7 Å². The van der Waals surface area contributed by atoms with Gasteiger partial charge in [0.15, 0.2) is 23.1 Å². The van der Waals surface area contributed by atoms with Crippen molar-refractivity contribution in [3.8, 4) is 11.5 Å². The van der Waals surface area contributed by atoms with Crippen LogP contribution in [0.4, 0.5) is 14.6 Å². The Bertz CT molecular complexity index is 889. The first kappa shape index (κ1) is 16.9. The molecule has 0 fully saturated rings. The number of hydrogen-bond acceptors (Lipinski definition) is 5. The zero-order chi connectivity index (χ0) is 17.8. The highest BCUT2D eigenvalue weighted by Crippen LogP contribution is 2.28. The van der Waals surface area contributed by atoms with Gasteiger partial charge in [-0.3, -0.25) is 0 Å². The molecule has 3 aromatic rings. The number of rotatable bonds is 6. The summed E-state index contributed by atoms with van der Waals surface area (Å²) in [7, 11) is 3.22. The van der Waals surface area contributed by atoms with E-state index >= 15 is 0 Å². The third-order valence-corrected chi connectivity index (χ3v) is 3.77. The van der Waals surface area contributed by atoms with Gasteiger partial charge in [0.25, 0.3) is 0 Å². The highest BCUT2D eigenvalue weighted by molar-refractivity contribution is 5.90. The minimum Gasteiger partial charge on any atom is -0.494 e. The first-order valence-corrected chi connectivity index (χ1v) is 7.67. The van der Waals surface area contributed by atoms with Crippen molar-refractivity contribution in [1.29, 1.82) is 0 Å². The first-order chi connectivity index (χ1) is 12.1. The number of para-hydroxylation sites is 1. The molecule has 0 aliphatic heterocycles. The van der Waals surface area contributed by atoms with Crippen molar-refractivity contribution in [2.24, 2.45) is 0 Å². The lowest BCUT2D eigenvalue weighted by atomic mass is 10.2. The van der Waals surface area contributed by atoms with Crippen molar-refractivity contribution in [3.05, 3.63) is 54.4 Å². The maximum atomic E-state index is 13.8. The van der Waals surface area contributed by atoms with Gasteiger partial charge in [-0.15, -0.1) is 0 Å². The van der Waals surface area contributed by atoms with E-state index in [4.69, 9.17) is 9.47 Å². The topological polar surface area (TPSA) is 47.5 Å². The lowest BCUT2D eigenvalue weighted by molar-refractivity contribution is 0.309. The highest BCUT2D eigenvalue weighted by Gasteiger charge is 2.13. The first-order valence-electron chi connectivity index (χ1n) is 7.67. The molecule has 130 valence electrons. The summed E-state index contributed by atoms with van der Waals surface area (Å²) in [5.41, 5.74) is 0.477. The number of halogens is 2. The number of likely N-dealkylation sites (N-methyl/N-ethyl adjacent to an activating group) is 1. The van der Waals surface area contributed by atoms with Crippen LogP contribution in [-0.2, 0) is 0 Å². The quantitative estimate of drug-likeness (QED) is 0.685. The van der Waals surface area contributed by atoms with E-state index in [1.54, 1.807) is 24.3 Å². The average Bonchev–Trinajstić information content (AvgIpc) is 2.62. The fraction of sp³-hybridized carbons (Fsp3) is 0.222. The molecule has 0 bridgehead atoms. The lowest BCUT2D eigenvalue weighted by Crippen LogP contribution is -2.25. The van der Waals surface area contributed by atoms with Gasteiger partial charge in [0.05, 0.1) is 19.2 Å². The molecule has 0 aliphatic carbocycles. The zero-order valence-electron chi connectivity index (χ0n) is 13.9. The van der Waals surface area contributed by atoms with Crippen LogP contribution in [0, 0.1) is 11.6 Å². The van der Waals surface area contributed by atoms with E-state index in [-0.39, 0.29) is 18.1 Å². The molecule has 0 unspecified atom stereocenters. The molecule has 0 atom stereocenters. The number of ether oxygens (including phenoxy) is 2. The number of nitrogens with zero attached hydrogens (tertiary/aromatic N) is 3. The minimum atomic E-state index is -0.481. The number of methoxy groups -OCH3 is 1. The SMILES string of the molecule is COc1cc2c(N(C)CCOc3ccccc3F)ncnc2cc1F. The summed E-state index contributed by atoms with van der Waals surface area (Å²) in [5, 5.41) is 0.661. The predicted molar refractivity (Wildman–Crippen MR) is 91.2 cm³/mol. The van der Waals surface area contributed by atoms with Crippen LogP contribution < -0.4 is 14.4 Å². The van der Waals surface area contributed by atoms with E-state index in [0.717, 1.165) is 0 Å². The molecule has 0 N–H and O–H groups in total. The number of fused-ring (bicyclic) bond motifs is 1. The summed E-state index contributed by atoms with van der Waals surface area (Å²) in [6.07, 6.45) is 1.37. The van der Waals surface area contributed by atoms with Gasteiger partial charge in [0.1, 0.15) is 18.8 Å². The second-order valence-corrected chi connectivity index (χ2v) is 5.40. The molecule has 0 spiro atoms. The van der Waals surface area contributed by atoms with Crippen molar-refractivity contribution in [2.75, 3.05) is 32.2 Å². The third kappa shape index (κ3) is 3.60. The van der Waals surface area contributed by atoms with Crippen LogP contribution in [0.25, 0.3) is 10.9 Å². The summed E-state index contributed by atoms with van der Waals surface area (Å²) < 4.78 is 37.9. The van der Waals surface area contributed by atoms with E-state index < -0.39 is 11.6 Å². The summed E-state index contributed by atoms with van der Waals surface area (Å²) in [6.45, 7) is 0.724. The molecule has 0 aliphatic rings. The van der Waals surface area contributed by atoms with Crippen LogP contribution in [0.15, 0.2) is 42.7 Å². The molecule has 5 nitrogen and oxygen atoms in total. The maximum absolute atomic E-state index is 13.8. The monoisotopic (exact) mass is 345 g/mol. The van der Waals surface area contributed by atoms with E-state index in [1.165, 1.54) is 25.6 Å². The smallest absolute Gasteiger partial charge is 0.167 e. The molecular formula is C18H17F2N3O2. The van der Waals surface area contributed by atoms with Gasteiger partial charge in [-0.2, -0.15) is 0 Å². The average molecular weight is 345 g/mol. The standard InChI is InChI=1S/C18H17F2N3O2/c1-23(7-8-25-16-6-4-3-5-13(16)19)18-12-9-17(24-2)14(20)10-15(12)21-11-22-18/h3-6,9-11H,7-8H2,1-2H3. The zero-order valence-corrected chi connectivity index (χ0v) is 13.9. The molecular weight excluding hydrogens is 328 g/mol. The van der Waals surface area contributed by atoms with Crippen molar-refractivity contribution in [1.82, 2.24) is 9.97 Å². The van der Waals surface area contributed by atoms with Gasteiger partial charge >= 0.3 is 0 Å². The largest absolute Gasteiger partial charge is 0.494 e. The van der Waals surface area contributed by atoms with Crippen LogP contribution in [-0.4, -0.2) is 37.3 Å². The van der Waals surface area contributed by atoms with Gasteiger partial charge in [0, 0.05) is 18.5 Å². The van der Waals surface area contributed by atoms with Crippen LogP contribution in [0.3, 0.4) is 0 Å². The molecule has 1 aromatic heterocycles. The Morgan fingerprint density at radius 1 is 1.04 bits per heavy atom. The third-order valence-electron chi connectivity index (χ3n) is 3.77. The van der Waals surface area contributed by atoms with Crippen LogP contribution >= 0.6 is 0 Å². The molecule has 3 rings (SSSR count). The molecule has 0 amide bonds. The molecule has 2 aromatic carbocycles. The highest BCUT2D eigenvalue weighted by atomic mass is 19.1. The number of benzene rings is 2. The molecule has 0 saturated carbocycles. The number of aromatic nitrogens is 2. The second-order valence-electron chi connectivity index (χ2n) is 5.40. The van der Waals surface area contributed by atoms with E-state index in [9.17, 15) is 8.78 Å². The summed E-state index contributed by atoms with van der Waals surface area (Å²) in [5.74, 6) is 0.0511. The Hall–Kier alpha value is -2.96. The maximum Gasteiger partial charge on any atom is 0.167 e. The predicted octanol–water partition coefficient (Wildman–Crippen LogP) is 3.43. The van der Waals surface area contributed by atoms with Gasteiger partial charge in [0.2, 0.25) is 0 Å². The summed E-state index contributed by atoms with van der Waals surface area (Å²) in [4.78, 5) is 10.2. The van der Waals surface area contributed by atoms with E-state index in [1.807, 2.05) is 11.9 Å². The van der Waals surface area contributed by atoms with Gasteiger partial charge in [-0.1, -0.05) is 12.1 Å². The summed E-state index contributed by atoms with van der Waals surface area (Å²) >= 11 is 0. The lowest BCUT2D eigenvalue weighted by Gasteiger charge is -2.20. The van der Waals surface area contributed by atoms with Crippen LogP contribution in [0.5, 0.6) is 11.5 Å². The fourth-order valence-electron chi connectivity index (χ4n) is 2.46. The van der Waals surface area contributed by atoms with Gasteiger partial charge < -0.3 is 14.4 Å². The Morgan fingerprint density at radius 3 is 2.60 bits per heavy atom. The number of hydrogen-bond donors (Lipinski definition) is 0. The Morgan fingerprint density at radius 2 is 1.84 bits per heavy atom. The van der Waals surface area contributed by atoms with E-state index in [0.29, 0.717) is 23.3 Å². The van der Waals surface area contributed by atoms with Crippen molar-refractivity contribution < 1.29 is 18.3 Å². The Kier molecular flexibility index (Phi) is 4.92. The molecule has 7 heteroatoms. The number of anilines is 1. The molecule has 1 heterocycles. The van der Waals surface area contributed by atoms with Crippen molar-refractivity contribution in [3.63, 3.8) is 0 Å². The van der Waals surface area contributed by atoms with E-state index in [2.05, 4.69) is 9.97 Å². The molecule has 0 radical (unpaired) electrons. The van der Waals surface area contributed by atoms with Crippen LogP contribution in [0.1, 0.15) is 0 Å². The Labute approximate surface area is 143 Å². The Balaban J connectivity index is 1.77. The summed E-state index contributed by atoms with van der Waals surface area (Å²) in [6, 6.07) is 9.10. The molecule has 0 saturated heterocycles. The minimum absolute atomic E-state index is 0.125. The molecule has 25 heavy (non-hydrogen) atoms.